The fourth-order valence-electron chi connectivity index (χ4n) is 3.18. The Kier molecular flexibility index (Phi) is 6.36. The lowest BCUT2D eigenvalue weighted by atomic mass is 9.96. The van der Waals surface area contributed by atoms with Gasteiger partial charge in [-0.2, -0.15) is 5.10 Å². The summed E-state index contributed by atoms with van der Waals surface area (Å²) in [7, 11) is -4.17. The first-order chi connectivity index (χ1) is 14.9. The summed E-state index contributed by atoms with van der Waals surface area (Å²) in [6.07, 6.45) is -1.21. The summed E-state index contributed by atoms with van der Waals surface area (Å²) in [6, 6.07) is 11.3. The summed E-state index contributed by atoms with van der Waals surface area (Å²) in [5.74, 6) is -1.66. The zero-order chi connectivity index (χ0) is 23.7. The number of hydrogen-bond donors (Lipinski definition) is 1. The molecule has 0 spiro atoms. The molecule has 0 saturated heterocycles. The highest BCUT2D eigenvalue weighted by atomic mass is 32.2. The van der Waals surface area contributed by atoms with Gasteiger partial charge >= 0.3 is 6.09 Å². The lowest BCUT2D eigenvalue weighted by Crippen LogP contribution is -2.36. The van der Waals surface area contributed by atoms with Gasteiger partial charge in [-0.25, -0.2) is 26.7 Å². The zero-order valence-electron chi connectivity index (χ0n) is 17.8. The van der Waals surface area contributed by atoms with Gasteiger partial charge in [0.25, 0.3) is 0 Å². The number of benzene rings is 2. The van der Waals surface area contributed by atoms with Gasteiger partial charge in [0.2, 0.25) is 9.84 Å². The van der Waals surface area contributed by atoms with E-state index in [-0.39, 0.29) is 29.1 Å². The second-order valence-corrected chi connectivity index (χ2v) is 10.4. The number of rotatable bonds is 6. The van der Waals surface area contributed by atoms with Crippen LogP contribution in [0.1, 0.15) is 26.5 Å². The summed E-state index contributed by atoms with van der Waals surface area (Å²) >= 11 is 0. The maximum Gasteiger partial charge on any atom is 0.407 e. The van der Waals surface area contributed by atoms with Gasteiger partial charge in [0.1, 0.15) is 17.3 Å². The standard InChI is InChI=1S/C22H23F2N3O4S/c1-22(2,3)14-26(21(28)29)13-16-12-20(32(30,31)17-7-5-4-6-8-17)27(25-16)19-11-15(23)9-10-18(19)24/h4-12H,13-14H2,1-3H3,(H,28,29). The van der Waals surface area contributed by atoms with E-state index in [1.54, 1.807) is 6.07 Å². The molecule has 170 valence electrons. The molecule has 3 rings (SSSR count). The van der Waals surface area contributed by atoms with Crippen LogP contribution in [0.2, 0.25) is 0 Å². The second kappa shape index (κ2) is 8.70. The number of nitrogens with zero attached hydrogens (tertiary/aromatic N) is 3. The highest BCUT2D eigenvalue weighted by molar-refractivity contribution is 7.91. The van der Waals surface area contributed by atoms with Gasteiger partial charge in [-0.1, -0.05) is 39.0 Å². The largest absolute Gasteiger partial charge is 0.465 e. The van der Waals surface area contributed by atoms with E-state index < -0.39 is 38.3 Å². The van der Waals surface area contributed by atoms with E-state index in [1.165, 1.54) is 30.3 Å². The van der Waals surface area contributed by atoms with E-state index in [2.05, 4.69) is 5.10 Å². The highest BCUT2D eigenvalue weighted by Crippen LogP contribution is 2.27. The third kappa shape index (κ3) is 5.13. The summed E-state index contributed by atoms with van der Waals surface area (Å²) in [5, 5.41) is 13.3. The van der Waals surface area contributed by atoms with Crippen molar-refractivity contribution in [3.63, 3.8) is 0 Å². The first kappa shape index (κ1) is 23.4. The molecule has 1 aromatic heterocycles. The van der Waals surface area contributed by atoms with Crippen LogP contribution >= 0.6 is 0 Å². The Balaban J connectivity index is 2.16. The summed E-state index contributed by atoms with van der Waals surface area (Å²) in [6.45, 7) is 5.50. The third-order valence-corrected chi connectivity index (χ3v) is 6.22. The Morgan fingerprint density at radius 2 is 1.75 bits per heavy atom. The summed E-state index contributed by atoms with van der Waals surface area (Å²) in [4.78, 5) is 12.8. The van der Waals surface area contributed by atoms with Crippen molar-refractivity contribution in [2.24, 2.45) is 5.41 Å². The van der Waals surface area contributed by atoms with Gasteiger partial charge < -0.3 is 10.0 Å². The van der Waals surface area contributed by atoms with Crippen molar-refractivity contribution in [1.82, 2.24) is 14.7 Å². The number of sulfone groups is 1. The van der Waals surface area contributed by atoms with Crippen molar-refractivity contribution in [1.29, 1.82) is 0 Å². The minimum Gasteiger partial charge on any atom is -0.465 e. The van der Waals surface area contributed by atoms with Gasteiger partial charge in [-0.05, 0) is 29.7 Å². The van der Waals surface area contributed by atoms with Gasteiger partial charge in [0.05, 0.1) is 17.1 Å². The molecule has 0 aliphatic rings. The molecule has 0 aliphatic carbocycles. The van der Waals surface area contributed by atoms with Crippen LogP contribution in [0.25, 0.3) is 5.69 Å². The molecular formula is C22H23F2N3O4S. The number of amides is 1. The highest BCUT2D eigenvalue weighted by Gasteiger charge is 2.28. The molecule has 0 atom stereocenters. The smallest absolute Gasteiger partial charge is 0.407 e. The average molecular weight is 464 g/mol. The maximum absolute atomic E-state index is 14.5. The van der Waals surface area contributed by atoms with E-state index in [9.17, 15) is 27.1 Å². The molecule has 3 aromatic rings. The topological polar surface area (TPSA) is 92.5 Å². The molecule has 32 heavy (non-hydrogen) atoms. The average Bonchev–Trinajstić information content (AvgIpc) is 3.13. The Morgan fingerprint density at radius 3 is 2.34 bits per heavy atom. The quantitative estimate of drug-likeness (QED) is 0.581. The van der Waals surface area contributed by atoms with Gasteiger partial charge in [0, 0.05) is 18.7 Å². The van der Waals surface area contributed by atoms with Crippen molar-refractivity contribution in [2.45, 2.75) is 37.2 Å². The molecule has 1 heterocycles. The predicted octanol–water partition coefficient (Wildman–Crippen LogP) is 4.51. The third-order valence-electron chi connectivity index (χ3n) is 4.48. The van der Waals surface area contributed by atoms with Crippen LogP contribution in [0.15, 0.2) is 64.5 Å². The van der Waals surface area contributed by atoms with Crippen LogP contribution in [-0.2, 0) is 16.4 Å². The summed E-state index contributed by atoms with van der Waals surface area (Å²) in [5.41, 5.74) is -0.688. The summed E-state index contributed by atoms with van der Waals surface area (Å²) < 4.78 is 55.7. The fraction of sp³-hybridized carbons (Fsp3) is 0.273. The molecule has 7 nitrogen and oxygen atoms in total. The van der Waals surface area contributed by atoms with Crippen molar-refractivity contribution in [3.05, 3.63) is 71.9 Å². The molecule has 0 radical (unpaired) electrons. The minimum atomic E-state index is -4.17. The van der Waals surface area contributed by atoms with Crippen LogP contribution in [0, 0.1) is 17.0 Å². The molecule has 2 aromatic carbocycles. The molecule has 0 fully saturated rings. The fourth-order valence-corrected chi connectivity index (χ4v) is 4.59. The number of hydrogen-bond acceptors (Lipinski definition) is 4. The van der Waals surface area contributed by atoms with Crippen LogP contribution < -0.4 is 0 Å². The number of aromatic nitrogens is 2. The number of halogens is 2. The van der Waals surface area contributed by atoms with Gasteiger partial charge in [-0.3, -0.25) is 0 Å². The molecule has 0 unspecified atom stereocenters. The van der Waals surface area contributed by atoms with Crippen molar-refractivity contribution >= 4 is 15.9 Å². The zero-order valence-corrected chi connectivity index (χ0v) is 18.6. The van der Waals surface area contributed by atoms with E-state index in [1.807, 2.05) is 20.8 Å². The van der Waals surface area contributed by atoms with Crippen molar-refractivity contribution in [3.8, 4) is 5.69 Å². The van der Waals surface area contributed by atoms with E-state index in [4.69, 9.17) is 0 Å². The molecule has 0 saturated carbocycles. The lowest BCUT2D eigenvalue weighted by Gasteiger charge is -2.27. The van der Waals surface area contributed by atoms with E-state index in [0.717, 1.165) is 27.8 Å². The Bertz CT molecular complexity index is 1240. The Hall–Kier alpha value is -3.27. The normalized spacial score (nSPS) is 12.0. The Morgan fingerprint density at radius 1 is 1.09 bits per heavy atom. The van der Waals surface area contributed by atoms with E-state index >= 15 is 0 Å². The first-order valence-electron chi connectivity index (χ1n) is 9.71. The number of carbonyl (C=O) groups is 1. The maximum atomic E-state index is 14.5. The van der Waals surface area contributed by atoms with Crippen LogP contribution in [0.4, 0.5) is 13.6 Å². The molecule has 1 N–H and O–H groups in total. The number of carboxylic acid groups (broad SMARTS) is 1. The van der Waals surface area contributed by atoms with Crippen LogP contribution in [-0.4, -0.2) is 40.8 Å². The lowest BCUT2D eigenvalue weighted by molar-refractivity contribution is 0.122. The second-order valence-electron chi connectivity index (χ2n) is 8.50. The van der Waals surface area contributed by atoms with Gasteiger partial charge in [0.15, 0.2) is 5.03 Å². The minimum absolute atomic E-state index is 0.0608. The SMILES string of the molecule is CC(C)(C)CN(Cc1cc(S(=O)(=O)c2ccccc2)n(-c2cc(F)ccc2F)n1)C(=O)O. The molecule has 1 amide bonds. The molecule has 10 heteroatoms. The molecule has 0 aliphatic heterocycles. The monoisotopic (exact) mass is 463 g/mol. The molecular weight excluding hydrogens is 440 g/mol. The van der Waals surface area contributed by atoms with Crippen LogP contribution in [0.3, 0.4) is 0 Å². The first-order valence-corrected chi connectivity index (χ1v) is 11.2. The predicted molar refractivity (Wildman–Crippen MR) is 113 cm³/mol. The molecule has 0 bridgehead atoms. The van der Waals surface area contributed by atoms with Crippen molar-refractivity contribution in [2.75, 3.05) is 6.54 Å². The Labute approximate surface area is 184 Å². The van der Waals surface area contributed by atoms with Crippen molar-refractivity contribution < 1.29 is 27.1 Å². The van der Waals surface area contributed by atoms with E-state index in [0.29, 0.717) is 0 Å². The van der Waals surface area contributed by atoms with Crippen LogP contribution in [0.5, 0.6) is 0 Å². The van der Waals surface area contributed by atoms with Gasteiger partial charge in [-0.15, -0.1) is 0 Å².